The highest BCUT2D eigenvalue weighted by molar-refractivity contribution is 5.96. The Morgan fingerprint density at radius 1 is 0.909 bits per heavy atom. The summed E-state index contributed by atoms with van der Waals surface area (Å²) in [5.41, 5.74) is 0.670. The van der Waals surface area contributed by atoms with Gasteiger partial charge in [-0.25, -0.2) is 9.59 Å². The summed E-state index contributed by atoms with van der Waals surface area (Å²) in [6.07, 6.45) is 7.11. The van der Waals surface area contributed by atoms with Crippen molar-refractivity contribution in [3.8, 4) is 0 Å². The molecule has 0 radical (unpaired) electrons. The van der Waals surface area contributed by atoms with Gasteiger partial charge in [0.25, 0.3) is 0 Å². The highest BCUT2D eigenvalue weighted by Gasteiger charge is 2.17. The summed E-state index contributed by atoms with van der Waals surface area (Å²) in [5, 5.41) is 18.4. The van der Waals surface area contributed by atoms with Crippen LogP contribution in [0.25, 0.3) is 0 Å². The topological polar surface area (TPSA) is 74.6 Å². The van der Waals surface area contributed by atoms with Crippen molar-refractivity contribution in [3.05, 3.63) is 34.9 Å². The molecule has 0 aliphatic rings. The molecule has 22 heavy (non-hydrogen) atoms. The maximum absolute atomic E-state index is 11.2. The molecule has 0 unspecified atom stereocenters. The van der Waals surface area contributed by atoms with Crippen molar-refractivity contribution in [2.24, 2.45) is 5.92 Å². The second kappa shape index (κ2) is 9.23. The first-order valence-corrected chi connectivity index (χ1v) is 8.02. The lowest BCUT2D eigenvalue weighted by Crippen LogP contribution is -2.10. The quantitative estimate of drug-likeness (QED) is 0.618. The fraction of sp³-hybridized carbons (Fsp3) is 0.556. The van der Waals surface area contributed by atoms with E-state index in [1.54, 1.807) is 0 Å². The number of carbonyl (C=O) groups is 2. The van der Waals surface area contributed by atoms with Crippen LogP contribution in [-0.2, 0) is 6.42 Å². The molecule has 0 aliphatic carbocycles. The van der Waals surface area contributed by atoms with E-state index in [2.05, 4.69) is 13.8 Å². The van der Waals surface area contributed by atoms with Crippen LogP contribution in [-0.4, -0.2) is 22.2 Å². The molecule has 0 spiro atoms. The van der Waals surface area contributed by atoms with Crippen LogP contribution < -0.4 is 0 Å². The SMILES string of the molecule is CC(C)CCCCCCCc1c(C(=O)O)cccc1C(=O)O. The molecule has 0 bridgehead atoms. The Hall–Kier alpha value is -1.84. The van der Waals surface area contributed by atoms with Gasteiger partial charge < -0.3 is 10.2 Å². The lowest BCUT2D eigenvalue weighted by molar-refractivity contribution is 0.0695. The second-order valence-electron chi connectivity index (χ2n) is 6.14. The molecule has 122 valence electrons. The van der Waals surface area contributed by atoms with E-state index >= 15 is 0 Å². The van der Waals surface area contributed by atoms with Crippen LogP contribution in [0.5, 0.6) is 0 Å². The van der Waals surface area contributed by atoms with Gasteiger partial charge in [-0.15, -0.1) is 0 Å². The standard InChI is InChI=1S/C18H26O4/c1-13(2)9-6-4-3-5-7-10-14-15(17(19)20)11-8-12-16(14)18(21)22/h8,11-13H,3-7,9-10H2,1-2H3,(H,19,20)(H,21,22). The summed E-state index contributed by atoms with van der Waals surface area (Å²) in [6, 6.07) is 4.45. The Balaban J connectivity index is 2.54. The lowest BCUT2D eigenvalue weighted by atomic mass is 9.95. The molecule has 4 heteroatoms. The van der Waals surface area contributed by atoms with E-state index in [4.69, 9.17) is 0 Å². The zero-order valence-electron chi connectivity index (χ0n) is 13.5. The fourth-order valence-corrected chi connectivity index (χ4v) is 2.64. The molecule has 0 saturated carbocycles. The molecule has 0 aromatic heterocycles. The fourth-order valence-electron chi connectivity index (χ4n) is 2.64. The largest absolute Gasteiger partial charge is 0.478 e. The highest BCUT2D eigenvalue weighted by Crippen LogP contribution is 2.19. The van der Waals surface area contributed by atoms with Gasteiger partial charge in [-0.3, -0.25) is 0 Å². The number of aromatic carboxylic acids is 2. The van der Waals surface area contributed by atoms with Gasteiger partial charge in [-0.1, -0.05) is 52.0 Å². The van der Waals surface area contributed by atoms with Crippen molar-refractivity contribution in [1.29, 1.82) is 0 Å². The predicted molar refractivity (Wildman–Crippen MR) is 86.6 cm³/mol. The molecular weight excluding hydrogens is 280 g/mol. The van der Waals surface area contributed by atoms with Gasteiger partial charge in [0.1, 0.15) is 0 Å². The molecule has 0 amide bonds. The van der Waals surface area contributed by atoms with Crippen LogP contribution in [0.4, 0.5) is 0 Å². The van der Waals surface area contributed by atoms with Crippen molar-refractivity contribution >= 4 is 11.9 Å². The zero-order valence-corrected chi connectivity index (χ0v) is 13.5. The first kappa shape index (κ1) is 18.2. The van der Waals surface area contributed by atoms with Gasteiger partial charge in [-0.2, -0.15) is 0 Å². The van der Waals surface area contributed by atoms with Gasteiger partial charge >= 0.3 is 11.9 Å². The molecular formula is C18H26O4. The Morgan fingerprint density at radius 2 is 1.41 bits per heavy atom. The number of unbranched alkanes of at least 4 members (excludes halogenated alkanes) is 4. The summed E-state index contributed by atoms with van der Waals surface area (Å²) >= 11 is 0. The van der Waals surface area contributed by atoms with Gasteiger partial charge in [0, 0.05) is 0 Å². The van der Waals surface area contributed by atoms with Crippen molar-refractivity contribution < 1.29 is 19.8 Å². The minimum atomic E-state index is -1.06. The van der Waals surface area contributed by atoms with Gasteiger partial charge in [0.05, 0.1) is 11.1 Å². The average Bonchev–Trinajstić information content (AvgIpc) is 2.45. The molecule has 0 saturated heterocycles. The first-order chi connectivity index (χ1) is 10.4. The summed E-state index contributed by atoms with van der Waals surface area (Å²) in [4.78, 5) is 22.5. The number of carboxylic acid groups (broad SMARTS) is 2. The van der Waals surface area contributed by atoms with Crippen LogP contribution >= 0.6 is 0 Å². The Bertz CT molecular complexity index is 474. The van der Waals surface area contributed by atoms with Crippen LogP contribution in [0.15, 0.2) is 18.2 Å². The molecule has 2 N–H and O–H groups in total. The van der Waals surface area contributed by atoms with Crippen LogP contribution in [0, 0.1) is 5.92 Å². The average molecular weight is 306 g/mol. The van der Waals surface area contributed by atoms with Gasteiger partial charge in [0.2, 0.25) is 0 Å². The molecule has 1 aromatic rings. The number of rotatable bonds is 10. The summed E-state index contributed by atoms with van der Waals surface area (Å²) in [5.74, 6) is -1.38. The molecule has 4 nitrogen and oxygen atoms in total. The normalized spacial score (nSPS) is 10.9. The van der Waals surface area contributed by atoms with Crippen LogP contribution in [0.1, 0.15) is 78.7 Å². The maximum Gasteiger partial charge on any atom is 0.335 e. The smallest absolute Gasteiger partial charge is 0.335 e. The molecule has 1 rings (SSSR count). The minimum Gasteiger partial charge on any atom is -0.478 e. The first-order valence-electron chi connectivity index (χ1n) is 8.02. The van der Waals surface area contributed by atoms with E-state index in [1.165, 1.54) is 37.5 Å². The van der Waals surface area contributed by atoms with Crippen molar-refractivity contribution in [1.82, 2.24) is 0 Å². The van der Waals surface area contributed by atoms with E-state index in [-0.39, 0.29) is 11.1 Å². The zero-order chi connectivity index (χ0) is 16.5. The molecule has 1 aromatic carbocycles. The van der Waals surface area contributed by atoms with E-state index in [1.807, 2.05) is 0 Å². The molecule has 0 atom stereocenters. The summed E-state index contributed by atoms with van der Waals surface area (Å²) in [6.45, 7) is 4.44. The molecule has 0 aliphatic heterocycles. The second-order valence-corrected chi connectivity index (χ2v) is 6.14. The number of hydrogen-bond acceptors (Lipinski definition) is 2. The van der Waals surface area contributed by atoms with E-state index < -0.39 is 11.9 Å². The lowest BCUT2D eigenvalue weighted by Gasteiger charge is -2.10. The third-order valence-corrected chi connectivity index (χ3v) is 3.85. The Kier molecular flexibility index (Phi) is 7.64. The highest BCUT2D eigenvalue weighted by atomic mass is 16.4. The van der Waals surface area contributed by atoms with E-state index in [9.17, 15) is 19.8 Å². The predicted octanol–water partition coefficient (Wildman–Crippen LogP) is 4.62. The Morgan fingerprint density at radius 3 is 1.91 bits per heavy atom. The van der Waals surface area contributed by atoms with Gasteiger partial charge in [-0.05, 0) is 36.5 Å². The summed E-state index contributed by atoms with van der Waals surface area (Å²) in [7, 11) is 0. The van der Waals surface area contributed by atoms with Crippen molar-refractivity contribution in [2.45, 2.75) is 58.8 Å². The van der Waals surface area contributed by atoms with Gasteiger partial charge in [0.15, 0.2) is 0 Å². The number of carboxylic acids is 2. The number of benzene rings is 1. The minimum absolute atomic E-state index is 0.111. The van der Waals surface area contributed by atoms with Crippen LogP contribution in [0.3, 0.4) is 0 Å². The monoisotopic (exact) mass is 306 g/mol. The third-order valence-electron chi connectivity index (χ3n) is 3.85. The maximum atomic E-state index is 11.2. The van der Waals surface area contributed by atoms with Crippen molar-refractivity contribution in [3.63, 3.8) is 0 Å². The number of hydrogen-bond donors (Lipinski definition) is 2. The van der Waals surface area contributed by atoms with E-state index in [0.29, 0.717) is 12.0 Å². The van der Waals surface area contributed by atoms with E-state index in [0.717, 1.165) is 25.2 Å². The summed E-state index contributed by atoms with van der Waals surface area (Å²) < 4.78 is 0. The third kappa shape index (κ3) is 5.88. The molecule has 0 fully saturated rings. The molecule has 0 heterocycles. The van der Waals surface area contributed by atoms with Crippen molar-refractivity contribution in [2.75, 3.05) is 0 Å². The Labute approximate surface area is 132 Å². The van der Waals surface area contributed by atoms with Crippen LogP contribution in [0.2, 0.25) is 0 Å².